The molecular weight excluding hydrogens is 386 g/mol. The number of amides is 1. The number of piperidine rings is 1. The van der Waals surface area contributed by atoms with Crippen LogP contribution in [0.1, 0.15) is 19.3 Å². The predicted molar refractivity (Wildman–Crippen MR) is 115 cm³/mol. The standard InChI is InChI=1S/C22H23N3O3S/c1-28-17-11-9-16(10-12-17)25-21(27)18-7-3-4-8-19(18)23-22(25)29-15-20(26)24-13-5-2-6-14-24/h3-4,7-12H,2,5-6,13-15H2,1H3. The molecule has 0 atom stereocenters. The average molecular weight is 410 g/mol. The van der Waals surface area contributed by atoms with Crippen LogP contribution in [0.5, 0.6) is 5.75 Å². The Morgan fingerprint density at radius 1 is 1.07 bits per heavy atom. The number of ether oxygens (including phenoxy) is 1. The number of likely N-dealkylation sites (tertiary alicyclic amines) is 1. The van der Waals surface area contributed by atoms with Gasteiger partial charge < -0.3 is 9.64 Å². The summed E-state index contributed by atoms with van der Waals surface area (Å²) in [6.45, 7) is 1.63. The molecular formula is C22H23N3O3S. The lowest BCUT2D eigenvalue weighted by molar-refractivity contribution is -0.129. The summed E-state index contributed by atoms with van der Waals surface area (Å²) in [5.74, 6) is 1.07. The van der Waals surface area contributed by atoms with E-state index in [9.17, 15) is 9.59 Å². The van der Waals surface area contributed by atoms with Crippen molar-refractivity contribution in [2.75, 3.05) is 26.0 Å². The van der Waals surface area contributed by atoms with E-state index in [0.29, 0.717) is 27.5 Å². The lowest BCUT2D eigenvalue weighted by Crippen LogP contribution is -2.36. The van der Waals surface area contributed by atoms with Crippen molar-refractivity contribution in [2.45, 2.75) is 24.4 Å². The first-order valence-electron chi connectivity index (χ1n) is 9.74. The molecule has 4 rings (SSSR count). The first kappa shape index (κ1) is 19.5. The van der Waals surface area contributed by atoms with Crippen molar-refractivity contribution in [3.05, 3.63) is 58.9 Å². The van der Waals surface area contributed by atoms with E-state index in [0.717, 1.165) is 25.9 Å². The molecule has 2 heterocycles. The molecule has 0 spiro atoms. The van der Waals surface area contributed by atoms with E-state index in [4.69, 9.17) is 9.72 Å². The summed E-state index contributed by atoms with van der Waals surface area (Å²) >= 11 is 1.31. The number of methoxy groups -OCH3 is 1. The first-order chi connectivity index (χ1) is 14.2. The van der Waals surface area contributed by atoms with Gasteiger partial charge in [-0.3, -0.25) is 14.2 Å². The molecule has 0 radical (unpaired) electrons. The second-order valence-electron chi connectivity index (χ2n) is 6.98. The Morgan fingerprint density at radius 2 is 1.79 bits per heavy atom. The van der Waals surface area contributed by atoms with Gasteiger partial charge in [-0.1, -0.05) is 23.9 Å². The van der Waals surface area contributed by atoms with Gasteiger partial charge in [-0.15, -0.1) is 0 Å². The SMILES string of the molecule is COc1ccc(-n2c(SCC(=O)N3CCCCC3)nc3ccccc3c2=O)cc1. The van der Waals surface area contributed by atoms with Crippen LogP contribution in [0, 0.1) is 0 Å². The molecule has 2 aromatic carbocycles. The fraction of sp³-hybridized carbons (Fsp3) is 0.318. The Morgan fingerprint density at radius 3 is 2.52 bits per heavy atom. The molecule has 1 amide bonds. The van der Waals surface area contributed by atoms with Crippen molar-refractivity contribution in [1.82, 2.24) is 14.5 Å². The Hall–Kier alpha value is -2.80. The van der Waals surface area contributed by atoms with Crippen molar-refractivity contribution in [3.8, 4) is 11.4 Å². The van der Waals surface area contributed by atoms with Crippen molar-refractivity contribution in [3.63, 3.8) is 0 Å². The summed E-state index contributed by atoms with van der Waals surface area (Å²) in [4.78, 5) is 32.5. The van der Waals surface area contributed by atoms with Gasteiger partial charge in [-0.05, 0) is 55.7 Å². The summed E-state index contributed by atoms with van der Waals surface area (Å²) in [6, 6.07) is 14.6. The quantitative estimate of drug-likeness (QED) is 0.477. The van der Waals surface area contributed by atoms with E-state index >= 15 is 0 Å². The van der Waals surface area contributed by atoms with Crippen LogP contribution in [0.2, 0.25) is 0 Å². The molecule has 0 N–H and O–H groups in total. The first-order valence-corrected chi connectivity index (χ1v) is 10.7. The van der Waals surface area contributed by atoms with Gasteiger partial charge in [-0.2, -0.15) is 0 Å². The van der Waals surface area contributed by atoms with Crippen LogP contribution < -0.4 is 10.3 Å². The van der Waals surface area contributed by atoms with E-state index in [-0.39, 0.29) is 17.2 Å². The third kappa shape index (κ3) is 4.15. The summed E-state index contributed by atoms with van der Waals surface area (Å²) in [6.07, 6.45) is 3.29. The number of nitrogens with zero attached hydrogens (tertiary/aromatic N) is 3. The number of fused-ring (bicyclic) bond motifs is 1. The van der Waals surface area contributed by atoms with E-state index in [1.54, 1.807) is 17.7 Å². The normalized spacial score (nSPS) is 14.2. The maximum Gasteiger partial charge on any atom is 0.266 e. The molecule has 150 valence electrons. The van der Waals surface area contributed by atoms with Gasteiger partial charge in [0.05, 0.1) is 29.5 Å². The number of para-hydroxylation sites is 1. The fourth-order valence-corrected chi connectivity index (χ4v) is 4.44. The number of thioether (sulfide) groups is 1. The molecule has 0 unspecified atom stereocenters. The maximum absolute atomic E-state index is 13.2. The minimum absolute atomic E-state index is 0.0957. The highest BCUT2D eigenvalue weighted by atomic mass is 32.2. The van der Waals surface area contributed by atoms with Gasteiger partial charge in [0, 0.05) is 13.1 Å². The summed E-state index contributed by atoms with van der Waals surface area (Å²) in [5.41, 5.74) is 1.19. The number of benzene rings is 2. The molecule has 1 aliphatic heterocycles. The van der Waals surface area contributed by atoms with Crippen molar-refractivity contribution in [1.29, 1.82) is 0 Å². The third-order valence-electron chi connectivity index (χ3n) is 5.11. The van der Waals surface area contributed by atoms with Crippen LogP contribution in [0.4, 0.5) is 0 Å². The molecule has 1 fully saturated rings. The number of aromatic nitrogens is 2. The molecule has 3 aromatic rings. The predicted octanol–water partition coefficient (Wildman–Crippen LogP) is 3.50. The zero-order valence-corrected chi connectivity index (χ0v) is 17.2. The smallest absolute Gasteiger partial charge is 0.266 e. The molecule has 29 heavy (non-hydrogen) atoms. The Bertz CT molecular complexity index is 1070. The zero-order valence-electron chi connectivity index (χ0n) is 16.3. The number of carbonyl (C=O) groups is 1. The van der Waals surface area contributed by atoms with Crippen LogP contribution in [0.25, 0.3) is 16.6 Å². The van der Waals surface area contributed by atoms with Crippen molar-refractivity contribution in [2.24, 2.45) is 0 Å². The second-order valence-corrected chi connectivity index (χ2v) is 7.92. The third-order valence-corrected chi connectivity index (χ3v) is 6.03. The maximum atomic E-state index is 13.2. The minimum Gasteiger partial charge on any atom is -0.497 e. The molecule has 0 saturated carbocycles. The summed E-state index contributed by atoms with van der Waals surface area (Å²) in [5, 5.41) is 1.07. The molecule has 6 nitrogen and oxygen atoms in total. The Labute approximate surface area is 173 Å². The number of carbonyl (C=O) groups excluding carboxylic acids is 1. The zero-order chi connectivity index (χ0) is 20.2. The van der Waals surface area contributed by atoms with E-state index < -0.39 is 0 Å². The Balaban J connectivity index is 1.70. The molecule has 7 heteroatoms. The highest BCUT2D eigenvalue weighted by molar-refractivity contribution is 7.99. The lowest BCUT2D eigenvalue weighted by atomic mass is 10.1. The van der Waals surface area contributed by atoms with Gasteiger partial charge in [-0.25, -0.2) is 4.98 Å². The minimum atomic E-state index is -0.145. The number of rotatable bonds is 5. The van der Waals surface area contributed by atoms with Gasteiger partial charge in [0.2, 0.25) is 5.91 Å². The van der Waals surface area contributed by atoms with Crippen LogP contribution in [0.3, 0.4) is 0 Å². The molecule has 1 aromatic heterocycles. The Kier molecular flexibility index (Phi) is 5.85. The molecule has 0 aliphatic carbocycles. The van der Waals surface area contributed by atoms with E-state index in [1.165, 1.54) is 18.2 Å². The van der Waals surface area contributed by atoms with Crippen LogP contribution in [-0.4, -0.2) is 46.3 Å². The van der Waals surface area contributed by atoms with Crippen LogP contribution in [-0.2, 0) is 4.79 Å². The van der Waals surface area contributed by atoms with Gasteiger partial charge in [0.1, 0.15) is 5.75 Å². The fourth-order valence-electron chi connectivity index (χ4n) is 3.53. The highest BCUT2D eigenvalue weighted by Gasteiger charge is 2.19. The summed E-state index contributed by atoms with van der Waals surface area (Å²) < 4.78 is 6.80. The van der Waals surface area contributed by atoms with Gasteiger partial charge in [0.15, 0.2) is 5.16 Å². The van der Waals surface area contributed by atoms with Gasteiger partial charge in [0.25, 0.3) is 5.56 Å². The highest BCUT2D eigenvalue weighted by Crippen LogP contribution is 2.23. The largest absolute Gasteiger partial charge is 0.497 e. The second kappa shape index (κ2) is 8.69. The average Bonchev–Trinajstić information content (AvgIpc) is 2.78. The number of hydrogen-bond donors (Lipinski definition) is 0. The van der Waals surface area contributed by atoms with Crippen molar-refractivity contribution >= 4 is 28.6 Å². The van der Waals surface area contributed by atoms with E-state index in [1.807, 2.05) is 47.4 Å². The molecule has 0 bridgehead atoms. The molecule has 1 aliphatic rings. The monoisotopic (exact) mass is 409 g/mol. The van der Waals surface area contributed by atoms with E-state index in [2.05, 4.69) is 0 Å². The topological polar surface area (TPSA) is 64.4 Å². The van der Waals surface area contributed by atoms with Gasteiger partial charge >= 0.3 is 0 Å². The van der Waals surface area contributed by atoms with Crippen LogP contribution in [0.15, 0.2) is 58.5 Å². The summed E-state index contributed by atoms with van der Waals surface area (Å²) in [7, 11) is 1.60. The number of hydrogen-bond acceptors (Lipinski definition) is 5. The lowest BCUT2D eigenvalue weighted by Gasteiger charge is -2.26. The van der Waals surface area contributed by atoms with Crippen LogP contribution >= 0.6 is 11.8 Å². The molecule has 1 saturated heterocycles. The van der Waals surface area contributed by atoms with Crippen molar-refractivity contribution < 1.29 is 9.53 Å².